The van der Waals surface area contributed by atoms with Crippen molar-refractivity contribution in [1.82, 2.24) is 9.97 Å². The molecule has 0 fully saturated rings. The molecule has 3 aromatic rings. The van der Waals surface area contributed by atoms with Crippen molar-refractivity contribution in [1.29, 1.82) is 0 Å². The molecule has 0 atom stereocenters. The van der Waals surface area contributed by atoms with Crippen LogP contribution in [0.1, 0.15) is 17.0 Å². The molecule has 28 heavy (non-hydrogen) atoms. The largest absolute Gasteiger partial charge is 0.484 e. The SMILES string of the molecule is Cc1cc(C)nc(Oc2ccc(NC(=O)COc3ccc(Cl)c(C)c3)cc2)n1. The minimum Gasteiger partial charge on any atom is -0.484 e. The number of nitrogens with zero attached hydrogens (tertiary/aromatic N) is 2. The Morgan fingerprint density at radius 3 is 2.25 bits per heavy atom. The molecule has 0 radical (unpaired) electrons. The van der Waals surface area contributed by atoms with Crippen LogP contribution in [-0.4, -0.2) is 22.5 Å². The number of amides is 1. The van der Waals surface area contributed by atoms with E-state index in [1.807, 2.05) is 26.8 Å². The molecule has 0 bridgehead atoms. The third-order valence-electron chi connectivity index (χ3n) is 3.81. The number of hydrogen-bond donors (Lipinski definition) is 1. The molecule has 2 aromatic carbocycles. The Labute approximate surface area is 168 Å². The van der Waals surface area contributed by atoms with Gasteiger partial charge in [-0.1, -0.05) is 11.6 Å². The summed E-state index contributed by atoms with van der Waals surface area (Å²) in [5.74, 6) is 0.907. The summed E-state index contributed by atoms with van der Waals surface area (Å²) in [6.07, 6.45) is 0. The molecular formula is C21H20ClN3O3. The standard InChI is InChI=1S/C21H20ClN3O3/c1-13-10-18(8-9-19(13)22)27-12-20(26)25-16-4-6-17(7-5-16)28-21-23-14(2)11-15(3)24-21/h4-11H,12H2,1-3H3,(H,25,26). The van der Waals surface area contributed by atoms with Crippen molar-refractivity contribution in [3.05, 3.63) is 70.5 Å². The van der Waals surface area contributed by atoms with Gasteiger partial charge in [-0.3, -0.25) is 4.79 Å². The average Bonchev–Trinajstić information content (AvgIpc) is 2.63. The first-order valence-corrected chi connectivity index (χ1v) is 9.06. The van der Waals surface area contributed by atoms with Gasteiger partial charge in [0, 0.05) is 22.1 Å². The Bertz CT molecular complexity index is 970. The van der Waals surface area contributed by atoms with Crippen LogP contribution in [0.15, 0.2) is 48.5 Å². The number of anilines is 1. The van der Waals surface area contributed by atoms with Crippen LogP contribution < -0.4 is 14.8 Å². The first kappa shape index (κ1) is 19.6. The zero-order valence-electron chi connectivity index (χ0n) is 15.8. The fourth-order valence-corrected chi connectivity index (χ4v) is 2.62. The van der Waals surface area contributed by atoms with Crippen molar-refractivity contribution in [2.24, 2.45) is 0 Å². The number of rotatable bonds is 6. The van der Waals surface area contributed by atoms with Gasteiger partial charge in [0.25, 0.3) is 5.91 Å². The lowest BCUT2D eigenvalue weighted by Crippen LogP contribution is -2.20. The van der Waals surface area contributed by atoms with E-state index in [9.17, 15) is 4.79 Å². The second-order valence-electron chi connectivity index (χ2n) is 6.31. The number of hydrogen-bond acceptors (Lipinski definition) is 5. The van der Waals surface area contributed by atoms with Crippen molar-refractivity contribution in [2.45, 2.75) is 20.8 Å². The van der Waals surface area contributed by atoms with E-state index < -0.39 is 0 Å². The van der Waals surface area contributed by atoms with Crippen molar-refractivity contribution < 1.29 is 14.3 Å². The summed E-state index contributed by atoms with van der Waals surface area (Å²) in [6.45, 7) is 5.54. The Balaban J connectivity index is 1.54. The molecule has 0 aliphatic carbocycles. The summed E-state index contributed by atoms with van der Waals surface area (Å²) in [5, 5.41) is 3.43. The molecule has 3 rings (SSSR count). The first-order valence-electron chi connectivity index (χ1n) is 8.68. The molecule has 1 aromatic heterocycles. The normalized spacial score (nSPS) is 10.4. The second-order valence-corrected chi connectivity index (χ2v) is 6.71. The van der Waals surface area contributed by atoms with E-state index in [0.717, 1.165) is 17.0 Å². The Morgan fingerprint density at radius 1 is 0.964 bits per heavy atom. The van der Waals surface area contributed by atoms with Crippen LogP contribution in [0.3, 0.4) is 0 Å². The highest BCUT2D eigenvalue weighted by molar-refractivity contribution is 6.31. The predicted molar refractivity (Wildman–Crippen MR) is 108 cm³/mol. The number of ether oxygens (including phenoxy) is 2. The van der Waals surface area contributed by atoms with Gasteiger partial charge in [0.15, 0.2) is 6.61 Å². The maximum absolute atomic E-state index is 12.1. The molecule has 1 N–H and O–H groups in total. The average molecular weight is 398 g/mol. The van der Waals surface area contributed by atoms with Crippen LogP contribution in [0.2, 0.25) is 5.02 Å². The van der Waals surface area contributed by atoms with E-state index in [2.05, 4.69) is 15.3 Å². The monoisotopic (exact) mass is 397 g/mol. The molecule has 0 saturated heterocycles. The van der Waals surface area contributed by atoms with Gasteiger partial charge in [0.1, 0.15) is 11.5 Å². The quantitative estimate of drug-likeness (QED) is 0.642. The number of carbonyl (C=O) groups excluding carboxylic acids is 1. The predicted octanol–water partition coefficient (Wildman–Crippen LogP) is 4.87. The molecule has 7 heteroatoms. The van der Waals surface area contributed by atoms with Crippen LogP contribution in [0.25, 0.3) is 0 Å². The van der Waals surface area contributed by atoms with Crippen molar-refractivity contribution >= 4 is 23.2 Å². The summed E-state index contributed by atoms with van der Waals surface area (Å²) in [5.41, 5.74) is 3.20. The Hall–Kier alpha value is -3.12. The lowest BCUT2D eigenvalue weighted by molar-refractivity contribution is -0.118. The highest BCUT2D eigenvalue weighted by atomic mass is 35.5. The molecule has 0 saturated carbocycles. The van der Waals surface area contributed by atoms with E-state index in [0.29, 0.717) is 28.2 Å². The van der Waals surface area contributed by atoms with E-state index in [1.54, 1.807) is 42.5 Å². The van der Waals surface area contributed by atoms with Gasteiger partial charge in [-0.05, 0) is 74.9 Å². The molecular weight excluding hydrogens is 378 g/mol. The highest BCUT2D eigenvalue weighted by Crippen LogP contribution is 2.22. The fourth-order valence-electron chi connectivity index (χ4n) is 2.50. The van der Waals surface area contributed by atoms with Crippen LogP contribution in [-0.2, 0) is 4.79 Å². The van der Waals surface area contributed by atoms with Crippen LogP contribution >= 0.6 is 11.6 Å². The van der Waals surface area contributed by atoms with Crippen molar-refractivity contribution in [3.63, 3.8) is 0 Å². The number of nitrogens with one attached hydrogen (secondary N) is 1. The number of aromatic nitrogens is 2. The third-order valence-corrected chi connectivity index (χ3v) is 4.23. The molecule has 6 nitrogen and oxygen atoms in total. The summed E-state index contributed by atoms with van der Waals surface area (Å²) in [7, 11) is 0. The smallest absolute Gasteiger partial charge is 0.322 e. The van der Waals surface area contributed by atoms with Gasteiger partial charge in [0.05, 0.1) is 0 Å². The summed E-state index contributed by atoms with van der Waals surface area (Å²) >= 11 is 5.98. The Morgan fingerprint density at radius 2 is 1.61 bits per heavy atom. The van der Waals surface area contributed by atoms with Gasteiger partial charge < -0.3 is 14.8 Å². The Kier molecular flexibility index (Phi) is 6.11. The lowest BCUT2D eigenvalue weighted by Gasteiger charge is -2.09. The molecule has 1 heterocycles. The summed E-state index contributed by atoms with van der Waals surface area (Å²) < 4.78 is 11.1. The van der Waals surface area contributed by atoms with E-state index in [-0.39, 0.29) is 12.5 Å². The number of halogens is 1. The topological polar surface area (TPSA) is 73.3 Å². The summed E-state index contributed by atoms with van der Waals surface area (Å²) in [6, 6.07) is 14.4. The minimum absolute atomic E-state index is 0.101. The van der Waals surface area contributed by atoms with Gasteiger partial charge in [-0.25, -0.2) is 9.97 Å². The maximum Gasteiger partial charge on any atom is 0.322 e. The maximum atomic E-state index is 12.1. The van der Waals surface area contributed by atoms with Crippen molar-refractivity contribution in [2.75, 3.05) is 11.9 Å². The number of benzene rings is 2. The molecule has 0 aliphatic rings. The van der Waals surface area contributed by atoms with E-state index in [4.69, 9.17) is 21.1 Å². The van der Waals surface area contributed by atoms with Crippen LogP contribution in [0.5, 0.6) is 17.5 Å². The first-order chi connectivity index (χ1) is 13.4. The zero-order chi connectivity index (χ0) is 20.1. The number of aryl methyl sites for hydroxylation is 3. The third kappa shape index (κ3) is 5.44. The van der Waals surface area contributed by atoms with Gasteiger partial charge in [0.2, 0.25) is 0 Å². The minimum atomic E-state index is -0.265. The zero-order valence-corrected chi connectivity index (χ0v) is 16.6. The van der Waals surface area contributed by atoms with Crippen LogP contribution in [0, 0.1) is 20.8 Å². The molecule has 144 valence electrons. The van der Waals surface area contributed by atoms with Crippen LogP contribution in [0.4, 0.5) is 5.69 Å². The van der Waals surface area contributed by atoms with E-state index in [1.165, 1.54) is 0 Å². The van der Waals surface area contributed by atoms with Gasteiger partial charge in [-0.15, -0.1) is 0 Å². The fraction of sp³-hybridized carbons (Fsp3) is 0.190. The molecule has 0 spiro atoms. The second kappa shape index (κ2) is 8.71. The highest BCUT2D eigenvalue weighted by Gasteiger charge is 2.07. The van der Waals surface area contributed by atoms with E-state index >= 15 is 0 Å². The summed E-state index contributed by atoms with van der Waals surface area (Å²) in [4.78, 5) is 20.5. The molecule has 0 aliphatic heterocycles. The van der Waals surface area contributed by atoms with Gasteiger partial charge in [-0.2, -0.15) is 0 Å². The van der Waals surface area contributed by atoms with Crippen molar-refractivity contribution in [3.8, 4) is 17.5 Å². The van der Waals surface area contributed by atoms with Gasteiger partial charge >= 0.3 is 6.01 Å². The molecule has 1 amide bonds. The number of carbonyl (C=O) groups is 1. The lowest BCUT2D eigenvalue weighted by atomic mass is 10.2. The molecule has 0 unspecified atom stereocenters.